The topological polar surface area (TPSA) is 26.0 Å². The van der Waals surface area contributed by atoms with E-state index < -0.39 is 0 Å². The number of hydrogen-bond acceptors (Lipinski definition) is 1. The molecular weight excluding hydrogens is 170 g/mol. The van der Waals surface area contributed by atoms with Crippen LogP contribution in [0.15, 0.2) is 24.3 Å². The Morgan fingerprint density at radius 2 is 2.14 bits per heavy atom. The van der Waals surface area contributed by atoms with Gasteiger partial charge in [0.2, 0.25) is 0 Å². The van der Waals surface area contributed by atoms with Crippen LogP contribution >= 0.6 is 0 Å². The van der Waals surface area contributed by atoms with Crippen molar-refractivity contribution in [2.24, 2.45) is 17.1 Å². The standard InChI is InChI=1S/C13H21N/c1-13(10-6-5-9-12(13)14)11-7-3-2-4-8-11/h2-4,7,11-12H,5-6,8-10,14H2,1H3. The molecule has 1 fully saturated rings. The van der Waals surface area contributed by atoms with Gasteiger partial charge in [0.15, 0.2) is 0 Å². The molecular formula is C13H21N. The summed E-state index contributed by atoms with van der Waals surface area (Å²) >= 11 is 0. The average molecular weight is 191 g/mol. The minimum absolute atomic E-state index is 0.347. The number of nitrogens with two attached hydrogens (primary N) is 1. The second-order valence-corrected chi connectivity index (χ2v) is 5.01. The third-order valence-corrected chi connectivity index (χ3v) is 4.16. The molecule has 0 bridgehead atoms. The van der Waals surface area contributed by atoms with Crippen LogP contribution in [0.5, 0.6) is 0 Å². The van der Waals surface area contributed by atoms with Crippen molar-refractivity contribution in [1.29, 1.82) is 0 Å². The van der Waals surface area contributed by atoms with E-state index in [1.807, 2.05) is 0 Å². The Hall–Kier alpha value is -0.560. The second-order valence-electron chi connectivity index (χ2n) is 5.01. The summed E-state index contributed by atoms with van der Waals surface area (Å²) in [5.41, 5.74) is 6.63. The summed E-state index contributed by atoms with van der Waals surface area (Å²) in [5.74, 6) is 0.669. The molecule has 3 unspecified atom stereocenters. The van der Waals surface area contributed by atoms with Crippen LogP contribution in [0.3, 0.4) is 0 Å². The quantitative estimate of drug-likeness (QED) is 0.677. The highest BCUT2D eigenvalue weighted by Crippen LogP contribution is 2.44. The van der Waals surface area contributed by atoms with E-state index in [0.717, 1.165) is 0 Å². The van der Waals surface area contributed by atoms with E-state index in [9.17, 15) is 0 Å². The Bertz CT molecular complexity index is 254. The fourth-order valence-corrected chi connectivity index (χ4v) is 2.92. The summed E-state index contributed by atoms with van der Waals surface area (Å²) in [7, 11) is 0. The van der Waals surface area contributed by atoms with Crippen molar-refractivity contribution in [3.8, 4) is 0 Å². The number of hydrogen-bond donors (Lipinski definition) is 1. The van der Waals surface area contributed by atoms with Gasteiger partial charge in [0.25, 0.3) is 0 Å². The van der Waals surface area contributed by atoms with Gasteiger partial charge in [0.05, 0.1) is 0 Å². The van der Waals surface area contributed by atoms with Gasteiger partial charge in [0, 0.05) is 6.04 Å². The van der Waals surface area contributed by atoms with Crippen molar-refractivity contribution in [3.63, 3.8) is 0 Å². The third-order valence-electron chi connectivity index (χ3n) is 4.16. The first kappa shape index (κ1) is 9.97. The van der Waals surface area contributed by atoms with Crippen LogP contribution in [0.1, 0.15) is 39.0 Å². The van der Waals surface area contributed by atoms with Gasteiger partial charge in [-0.2, -0.15) is 0 Å². The maximum Gasteiger partial charge on any atom is 0.00986 e. The first-order valence-corrected chi connectivity index (χ1v) is 5.82. The molecule has 0 aliphatic heterocycles. The summed E-state index contributed by atoms with van der Waals surface area (Å²) < 4.78 is 0. The Balaban J connectivity index is 2.12. The molecule has 14 heavy (non-hydrogen) atoms. The van der Waals surface area contributed by atoms with Gasteiger partial charge < -0.3 is 5.73 Å². The van der Waals surface area contributed by atoms with Gasteiger partial charge in [-0.1, -0.05) is 44.1 Å². The minimum atomic E-state index is 0.347. The first-order chi connectivity index (χ1) is 6.73. The van der Waals surface area contributed by atoms with E-state index in [1.54, 1.807) is 0 Å². The molecule has 78 valence electrons. The molecule has 0 radical (unpaired) electrons. The molecule has 1 nitrogen and oxygen atoms in total. The summed E-state index contributed by atoms with van der Waals surface area (Å²) in [6.45, 7) is 2.38. The monoisotopic (exact) mass is 191 g/mol. The zero-order valence-electron chi connectivity index (χ0n) is 9.08. The maximum absolute atomic E-state index is 6.29. The van der Waals surface area contributed by atoms with Crippen LogP contribution in [0.2, 0.25) is 0 Å². The molecule has 1 saturated carbocycles. The predicted molar refractivity (Wildman–Crippen MR) is 60.9 cm³/mol. The van der Waals surface area contributed by atoms with Gasteiger partial charge >= 0.3 is 0 Å². The van der Waals surface area contributed by atoms with Crippen molar-refractivity contribution in [2.45, 2.75) is 45.1 Å². The lowest BCUT2D eigenvalue weighted by molar-refractivity contribution is 0.118. The van der Waals surface area contributed by atoms with Gasteiger partial charge in [-0.15, -0.1) is 0 Å². The first-order valence-electron chi connectivity index (χ1n) is 5.82. The molecule has 3 atom stereocenters. The van der Waals surface area contributed by atoms with E-state index >= 15 is 0 Å². The zero-order chi connectivity index (χ0) is 10.0. The number of rotatable bonds is 1. The molecule has 0 aromatic carbocycles. The summed E-state index contributed by atoms with van der Waals surface area (Å²) in [6.07, 6.45) is 15.3. The van der Waals surface area contributed by atoms with E-state index in [1.165, 1.54) is 32.1 Å². The number of allylic oxidation sites excluding steroid dienone is 4. The summed E-state index contributed by atoms with van der Waals surface area (Å²) in [6, 6.07) is 0.400. The van der Waals surface area contributed by atoms with Gasteiger partial charge in [-0.05, 0) is 30.6 Å². The Morgan fingerprint density at radius 3 is 2.79 bits per heavy atom. The van der Waals surface area contributed by atoms with Gasteiger partial charge in [-0.25, -0.2) is 0 Å². The second kappa shape index (κ2) is 3.90. The van der Waals surface area contributed by atoms with Crippen LogP contribution in [0.25, 0.3) is 0 Å². The van der Waals surface area contributed by atoms with Crippen molar-refractivity contribution in [3.05, 3.63) is 24.3 Å². The SMILES string of the molecule is CC1(C2C=CC=CC2)CCCCC1N. The predicted octanol–water partition coefficient (Wildman–Crippen LogP) is 3.03. The van der Waals surface area contributed by atoms with Crippen LogP contribution in [-0.2, 0) is 0 Å². The Labute approximate surface area is 87.1 Å². The lowest BCUT2D eigenvalue weighted by atomic mass is 9.63. The molecule has 0 spiro atoms. The van der Waals surface area contributed by atoms with Gasteiger partial charge in [0.1, 0.15) is 0 Å². The van der Waals surface area contributed by atoms with E-state index in [4.69, 9.17) is 5.73 Å². The molecule has 0 saturated heterocycles. The highest BCUT2D eigenvalue weighted by atomic mass is 14.7. The molecule has 1 heteroatoms. The van der Waals surface area contributed by atoms with Crippen LogP contribution < -0.4 is 5.73 Å². The molecule has 0 amide bonds. The van der Waals surface area contributed by atoms with Crippen LogP contribution in [0.4, 0.5) is 0 Å². The molecule has 0 heterocycles. The van der Waals surface area contributed by atoms with Crippen molar-refractivity contribution >= 4 is 0 Å². The normalized spacial score (nSPS) is 42.7. The minimum Gasteiger partial charge on any atom is -0.327 e. The maximum atomic E-state index is 6.29. The Morgan fingerprint density at radius 1 is 1.29 bits per heavy atom. The highest BCUT2D eigenvalue weighted by Gasteiger charge is 2.39. The molecule has 2 rings (SSSR count). The molecule has 0 aromatic rings. The van der Waals surface area contributed by atoms with Crippen molar-refractivity contribution in [2.75, 3.05) is 0 Å². The molecule has 2 aliphatic carbocycles. The van der Waals surface area contributed by atoms with E-state index in [2.05, 4.69) is 31.2 Å². The Kier molecular flexibility index (Phi) is 2.78. The average Bonchev–Trinajstić information content (AvgIpc) is 2.24. The molecule has 2 N–H and O–H groups in total. The van der Waals surface area contributed by atoms with Crippen molar-refractivity contribution in [1.82, 2.24) is 0 Å². The fourth-order valence-electron chi connectivity index (χ4n) is 2.92. The molecule has 2 aliphatic rings. The fraction of sp³-hybridized carbons (Fsp3) is 0.692. The largest absolute Gasteiger partial charge is 0.327 e. The lowest BCUT2D eigenvalue weighted by Crippen LogP contribution is -2.46. The van der Waals surface area contributed by atoms with Crippen LogP contribution in [0, 0.1) is 11.3 Å². The van der Waals surface area contributed by atoms with Crippen molar-refractivity contribution < 1.29 is 0 Å². The zero-order valence-corrected chi connectivity index (χ0v) is 9.08. The third kappa shape index (κ3) is 1.66. The molecule has 0 aromatic heterocycles. The summed E-state index contributed by atoms with van der Waals surface area (Å²) in [5, 5.41) is 0. The van der Waals surface area contributed by atoms with Gasteiger partial charge in [-0.3, -0.25) is 0 Å². The van der Waals surface area contributed by atoms with E-state index in [-0.39, 0.29) is 0 Å². The van der Waals surface area contributed by atoms with Crippen LogP contribution in [-0.4, -0.2) is 6.04 Å². The lowest BCUT2D eigenvalue weighted by Gasteiger charge is -2.44. The van der Waals surface area contributed by atoms with E-state index in [0.29, 0.717) is 17.4 Å². The smallest absolute Gasteiger partial charge is 0.00986 e. The summed E-state index contributed by atoms with van der Waals surface area (Å²) in [4.78, 5) is 0. The highest BCUT2D eigenvalue weighted by molar-refractivity contribution is 5.15.